The number of hydrogen-bond acceptors (Lipinski definition) is 4. The molecule has 0 heterocycles. The van der Waals surface area contributed by atoms with Crippen LogP contribution in [0.1, 0.15) is 0 Å². The summed E-state index contributed by atoms with van der Waals surface area (Å²) in [6.45, 7) is 0. The van der Waals surface area contributed by atoms with Crippen LogP contribution in [0.2, 0.25) is 0 Å². The van der Waals surface area contributed by atoms with Crippen LogP contribution in [0.5, 0.6) is 11.5 Å². The van der Waals surface area contributed by atoms with Crippen LogP contribution in [-0.4, -0.2) is 24.0 Å². The first-order valence-electron chi connectivity index (χ1n) is 10.3. The van der Waals surface area contributed by atoms with E-state index in [1.54, 1.807) is 24.3 Å². The van der Waals surface area contributed by atoms with E-state index in [1.807, 2.05) is 36.4 Å². The summed E-state index contributed by atoms with van der Waals surface area (Å²) in [6, 6.07) is 29.6. The molecule has 4 aromatic carbocycles. The van der Waals surface area contributed by atoms with Crippen LogP contribution in [0.25, 0.3) is 22.3 Å². The second kappa shape index (κ2) is 9.70. The summed E-state index contributed by atoms with van der Waals surface area (Å²) in [7, 11) is 1.50. The standard InChI is InChI=1S/C27H22N2O4/c1-33-25-16-21(20-12-10-19(11-13-20)18-6-3-2-4-7-18)14-15-24(25)29-27(32)26(31)28-22-8-5-9-23(30)17-22/h2-17,30H,1H3,(H,28,31)(H,29,32). The highest BCUT2D eigenvalue weighted by atomic mass is 16.5. The van der Waals surface area contributed by atoms with Crippen LogP contribution < -0.4 is 15.4 Å². The van der Waals surface area contributed by atoms with Gasteiger partial charge in [0.05, 0.1) is 12.8 Å². The summed E-state index contributed by atoms with van der Waals surface area (Å²) < 4.78 is 5.44. The minimum atomic E-state index is -0.858. The molecule has 33 heavy (non-hydrogen) atoms. The van der Waals surface area contributed by atoms with E-state index in [-0.39, 0.29) is 5.75 Å². The molecule has 2 amide bonds. The van der Waals surface area contributed by atoms with Gasteiger partial charge in [-0.1, -0.05) is 66.7 Å². The topological polar surface area (TPSA) is 87.7 Å². The molecule has 0 aromatic heterocycles. The summed E-state index contributed by atoms with van der Waals surface area (Å²) in [5.74, 6) is -1.29. The van der Waals surface area contributed by atoms with Gasteiger partial charge in [-0.2, -0.15) is 0 Å². The number of carbonyl (C=O) groups is 2. The number of methoxy groups -OCH3 is 1. The number of hydrogen-bond donors (Lipinski definition) is 3. The summed E-state index contributed by atoms with van der Waals surface area (Å²) >= 11 is 0. The zero-order valence-electron chi connectivity index (χ0n) is 17.9. The van der Waals surface area contributed by atoms with Crippen molar-refractivity contribution in [2.45, 2.75) is 0 Å². The minimum absolute atomic E-state index is 0.0118. The SMILES string of the molecule is COc1cc(-c2ccc(-c3ccccc3)cc2)ccc1NC(=O)C(=O)Nc1cccc(O)c1. The van der Waals surface area contributed by atoms with Crippen LogP contribution in [0.15, 0.2) is 97.1 Å². The Bertz CT molecular complexity index is 1290. The third kappa shape index (κ3) is 5.19. The molecular formula is C27H22N2O4. The zero-order chi connectivity index (χ0) is 23.2. The van der Waals surface area contributed by atoms with E-state index < -0.39 is 11.8 Å². The largest absolute Gasteiger partial charge is 0.508 e. The molecule has 4 aromatic rings. The lowest BCUT2D eigenvalue weighted by Crippen LogP contribution is -2.29. The Kier molecular flexibility index (Phi) is 6.36. The molecule has 6 heteroatoms. The molecule has 0 aliphatic rings. The lowest BCUT2D eigenvalue weighted by Gasteiger charge is -2.13. The van der Waals surface area contributed by atoms with Gasteiger partial charge >= 0.3 is 11.8 Å². The van der Waals surface area contributed by atoms with Crippen molar-refractivity contribution in [3.63, 3.8) is 0 Å². The van der Waals surface area contributed by atoms with Crippen LogP contribution in [0.4, 0.5) is 11.4 Å². The van der Waals surface area contributed by atoms with E-state index in [1.165, 1.54) is 19.2 Å². The normalized spacial score (nSPS) is 10.3. The fourth-order valence-corrected chi connectivity index (χ4v) is 3.41. The van der Waals surface area contributed by atoms with Crippen molar-refractivity contribution in [1.29, 1.82) is 0 Å². The average molecular weight is 438 g/mol. The van der Waals surface area contributed by atoms with Gasteiger partial charge in [-0.05, 0) is 46.5 Å². The Balaban J connectivity index is 1.48. The van der Waals surface area contributed by atoms with Crippen molar-refractivity contribution < 1.29 is 19.4 Å². The second-order valence-corrected chi connectivity index (χ2v) is 7.32. The van der Waals surface area contributed by atoms with E-state index in [9.17, 15) is 14.7 Å². The van der Waals surface area contributed by atoms with E-state index in [2.05, 4.69) is 34.9 Å². The molecule has 0 spiro atoms. The Morgan fingerprint density at radius 1 is 0.667 bits per heavy atom. The van der Waals surface area contributed by atoms with E-state index in [0.717, 1.165) is 22.3 Å². The third-order valence-corrected chi connectivity index (χ3v) is 5.09. The molecule has 0 radical (unpaired) electrons. The monoisotopic (exact) mass is 438 g/mol. The molecule has 4 rings (SSSR count). The Labute approximate surface area is 191 Å². The number of nitrogens with one attached hydrogen (secondary N) is 2. The molecule has 0 atom stereocenters. The van der Waals surface area contributed by atoms with Crippen molar-refractivity contribution in [2.24, 2.45) is 0 Å². The summed E-state index contributed by atoms with van der Waals surface area (Å²) in [5.41, 5.74) is 4.85. The van der Waals surface area contributed by atoms with Crippen molar-refractivity contribution in [3.8, 4) is 33.8 Å². The maximum absolute atomic E-state index is 12.4. The van der Waals surface area contributed by atoms with Gasteiger partial charge in [-0.25, -0.2) is 0 Å². The van der Waals surface area contributed by atoms with Crippen molar-refractivity contribution in [3.05, 3.63) is 97.1 Å². The highest BCUT2D eigenvalue weighted by Crippen LogP contribution is 2.32. The second-order valence-electron chi connectivity index (χ2n) is 7.32. The van der Waals surface area contributed by atoms with Gasteiger partial charge in [-0.3, -0.25) is 9.59 Å². The zero-order valence-corrected chi connectivity index (χ0v) is 17.9. The van der Waals surface area contributed by atoms with Gasteiger partial charge in [0.15, 0.2) is 0 Å². The molecule has 0 fully saturated rings. The minimum Gasteiger partial charge on any atom is -0.508 e. The fourth-order valence-electron chi connectivity index (χ4n) is 3.41. The predicted octanol–water partition coefficient (Wildman–Crippen LogP) is 5.31. The maximum Gasteiger partial charge on any atom is 0.314 e. The van der Waals surface area contributed by atoms with Gasteiger partial charge in [0.1, 0.15) is 11.5 Å². The Morgan fingerprint density at radius 2 is 1.27 bits per heavy atom. The highest BCUT2D eigenvalue weighted by Gasteiger charge is 2.17. The number of phenols is 1. The number of benzene rings is 4. The number of rotatable bonds is 5. The smallest absolute Gasteiger partial charge is 0.314 e. The number of ether oxygens (including phenoxy) is 1. The predicted molar refractivity (Wildman–Crippen MR) is 129 cm³/mol. The van der Waals surface area contributed by atoms with E-state index in [0.29, 0.717) is 17.1 Å². The highest BCUT2D eigenvalue weighted by molar-refractivity contribution is 6.43. The Hall–Kier alpha value is -4.58. The molecule has 3 N–H and O–H groups in total. The maximum atomic E-state index is 12.4. The van der Waals surface area contributed by atoms with Gasteiger partial charge in [-0.15, -0.1) is 0 Å². The molecule has 0 bridgehead atoms. The molecule has 0 unspecified atom stereocenters. The Morgan fingerprint density at radius 3 is 1.94 bits per heavy atom. The first-order valence-corrected chi connectivity index (χ1v) is 10.3. The van der Waals surface area contributed by atoms with Gasteiger partial charge in [0.2, 0.25) is 0 Å². The quantitative estimate of drug-likeness (QED) is 0.369. The van der Waals surface area contributed by atoms with Gasteiger partial charge in [0.25, 0.3) is 0 Å². The number of anilines is 2. The van der Waals surface area contributed by atoms with Gasteiger partial charge < -0.3 is 20.5 Å². The number of aromatic hydroxyl groups is 1. The van der Waals surface area contributed by atoms with Crippen LogP contribution >= 0.6 is 0 Å². The molecule has 0 aliphatic heterocycles. The number of phenolic OH excluding ortho intramolecular Hbond substituents is 1. The summed E-state index contributed by atoms with van der Waals surface area (Å²) in [5, 5.41) is 14.5. The van der Waals surface area contributed by atoms with Gasteiger partial charge in [0, 0.05) is 11.8 Å². The first-order chi connectivity index (χ1) is 16.0. The van der Waals surface area contributed by atoms with Crippen molar-refractivity contribution in [1.82, 2.24) is 0 Å². The van der Waals surface area contributed by atoms with Crippen molar-refractivity contribution >= 4 is 23.2 Å². The number of carbonyl (C=O) groups excluding carboxylic acids is 2. The molecule has 164 valence electrons. The molecule has 0 saturated carbocycles. The molecular weight excluding hydrogens is 416 g/mol. The lowest BCUT2D eigenvalue weighted by molar-refractivity contribution is -0.133. The molecule has 0 aliphatic carbocycles. The lowest BCUT2D eigenvalue weighted by atomic mass is 10.00. The fraction of sp³-hybridized carbons (Fsp3) is 0.0370. The van der Waals surface area contributed by atoms with Crippen LogP contribution in [-0.2, 0) is 9.59 Å². The number of amides is 2. The summed E-state index contributed by atoms with van der Waals surface area (Å²) in [4.78, 5) is 24.6. The van der Waals surface area contributed by atoms with Crippen molar-refractivity contribution in [2.75, 3.05) is 17.7 Å². The molecule has 0 saturated heterocycles. The van der Waals surface area contributed by atoms with Crippen LogP contribution in [0, 0.1) is 0 Å². The molecule has 6 nitrogen and oxygen atoms in total. The van der Waals surface area contributed by atoms with E-state index >= 15 is 0 Å². The third-order valence-electron chi connectivity index (χ3n) is 5.09. The van der Waals surface area contributed by atoms with Crippen LogP contribution in [0.3, 0.4) is 0 Å². The first kappa shape index (κ1) is 21.6. The summed E-state index contributed by atoms with van der Waals surface area (Å²) in [6.07, 6.45) is 0. The average Bonchev–Trinajstić information content (AvgIpc) is 2.85. The van der Waals surface area contributed by atoms with E-state index in [4.69, 9.17) is 4.74 Å².